The van der Waals surface area contributed by atoms with Crippen LogP contribution in [0.25, 0.3) is 6.08 Å². The maximum absolute atomic E-state index is 11.9. The zero-order valence-corrected chi connectivity index (χ0v) is 13.0. The lowest BCUT2D eigenvalue weighted by Crippen LogP contribution is -2.26. The third-order valence-corrected chi connectivity index (χ3v) is 3.18. The predicted molar refractivity (Wildman–Crippen MR) is 85.9 cm³/mol. The highest BCUT2D eigenvalue weighted by atomic mass is 16.6. The highest BCUT2D eigenvalue weighted by molar-refractivity contribution is 6.03. The van der Waals surface area contributed by atoms with Crippen molar-refractivity contribution in [2.24, 2.45) is 0 Å². The summed E-state index contributed by atoms with van der Waals surface area (Å²) in [5.74, 6) is -3.93. The van der Waals surface area contributed by atoms with Gasteiger partial charge in [0.05, 0.1) is 16.9 Å². The van der Waals surface area contributed by atoms with Crippen molar-refractivity contribution >= 4 is 35.3 Å². The monoisotopic (exact) mass is 354 g/mol. The number of non-ortho nitro benzene ring substituents is 1. The quantitative estimate of drug-likeness (QED) is 0.434. The fourth-order valence-corrected chi connectivity index (χ4v) is 2.03. The molecule has 0 radical (unpaired) electrons. The number of anilines is 1. The first kappa shape index (κ1) is 18.3. The van der Waals surface area contributed by atoms with Gasteiger partial charge in [-0.3, -0.25) is 14.9 Å². The second-order valence-corrected chi connectivity index (χ2v) is 5.05. The van der Waals surface area contributed by atoms with Crippen molar-refractivity contribution in [3.05, 3.63) is 75.3 Å². The van der Waals surface area contributed by atoms with E-state index in [1.165, 1.54) is 24.3 Å². The molecule has 26 heavy (non-hydrogen) atoms. The van der Waals surface area contributed by atoms with Gasteiger partial charge in [-0.15, -0.1) is 0 Å². The van der Waals surface area contributed by atoms with Crippen molar-refractivity contribution in [3.63, 3.8) is 0 Å². The second kappa shape index (κ2) is 7.71. The molecule has 0 unspecified atom stereocenters. The van der Waals surface area contributed by atoms with Crippen LogP contribution in [0.1, 0.15) is 26.3 Å². The van der Waals surface area contributed by atoms with Crippen LogP contribution in [0.15, 0.2) is 48.5 Å². The molecule has 0 fully saturated rings. The van der Waals surface area contributed by atoms with E-state index in [0.717, 1.165) is 24.3 Å². The highest BCUT2D eigenvalue weighted by Gasteiger charge is 2.06. The number of carbonyl (C=O) groups excluding carboxylic acids is 3. The van der Waals surface area contributed by atoms with Crippen LogP contribution in [0.3, 0.4) is 0 Å². The van der Waals surface area contributed by atoms with Crippen LogP contribution in [0.2, 0.25) is 0 Å². The summed E-state index contributed by atoms with van der Waals surface area (Å²) in [7, 11) is 0. The number of hydrogen-bond donors (Lipinski definition) is 1. The van der Waals surface area contributed by atoms with Gasteiger partial charge in [0.25, 0.3) is 5.69 Å². The van der Waals surface area contributed by atoms with Gasteiger partial charge in [-0.1, -0.05) is 12.1 Å². The number of nitrogens with zero attached hydrogens (tertiary/aromatic N) is 1. The van der Waals surface area contributed by atoms with E-state index in [1.54, 1.807) is 6.07 Å². The molecule has 9 nitrogen and oxygen atoms in total. The van der Waals surface area contributed by atoms with Crippen molar-refractivity contribution in [2.75, 3.05) is 5.32 Å². The van der Waals surface area contributed by atoms with E-state index in [9.17, 15) is 34.7 Å². The van der Waals surface area contributed by atoms with Crippen molar-refractivity contribution < 1.29 is 29.5 Å². The predicted octanol–water partition coefficient (Wildman–Crippen LogP) is -0.0263. The number of carbonyl (C=O) groups is 3. The van der Waals surface area contributed by atoms with E-state index in [1.807, 2.05) is 0 Å². The van der Waals surface area contributed by atoms with Gasteiger partial charge >= 0.3 is 0 Å². The molecule has 0 aromatic heterocycles. The minimum atomic E-state index is -1.62. The largest absolute Gasteiger partial charge is 0.545 e. The van der Waals surface area contributed by atoms with Gasteiger partial charge in [0.15, 0.2) is 0 Å². The molecular formula is C17H10N2O7-2. The average Bonchev–Trinajstić information content (AvgIpc) is 2.59. The van der Waals surface area contributed by atoms with Crippen LogP contribution in [0.5, 0.6) is 0 Å². The van der Waals surface area contributed by atoms with Crippen LogP contribution in [0.4, 0.5) is 11.4 Å². The molecule has 1 amide bonds. The van der Waals surface area contributed by atoms with Crippen LogP contribution >= 0.6 is 0 Å². The van der Waals surface area contributed by atoms with Crippen molar-refractivity contribution in [1.82, 2.24) is 0 Å². The fourth-order valence-electron chi connectivity index (χ4n) is 2.03. The highest BCUT2D eigenvalue weighted by Crippen LogP contribution is 2.16. The molecule has 0 spiro atoms. The van der Waals surface area contributed by atoms with E-state index in [2.05, 4.69) is 5.32 Å². The molecule has 0 aliphatic rings. The molecule has 132 valence electrons. The number of benzene rings is 2. The summed E-state index contributed by atoms with van der Waals surface area (Å²) in [6.07, 6.45) is 2.37. The van der Waals surface area contributed by atoms with Crippen LogP contribution < -0.4 is 15.5 Å². The van der Waals surface area contributed by atoms with Crippen molar-refractivity contribution in [3.8, 4) is 0 Å². The van der Waals surface area contributed by atoms with Gasteiger partial charge < -0.3 is 25.1 Å². The summed E-state index contributed by atoms with van der Waals surface area (Å²) < 4.78 is 0. The van der Waals surface area contributed by atoms with E-state index < -0.39 is 33.9 Å². The first-order valence-electron chi connectivity index (χ1n) is 7.07. The second-order valence-electron chi connectivity index (χ2n) is 5.05. The summed E-state index contributed by atoms with van der Waals surface area (Å²) >= 11 is 0. The maximum atomic E-state index is 11.9. The molecule has 0 atom stereocenters. The molecule has 0 aliphatic heterocycles. The summed E-state index contributed by atoms with van der Waals surface area (Å²) in [6.45, 7) is 0. The molecule has 2 aromatic carbocycles. The third-order valence-electron chi connectivity index (χ3n) is 3.18. The minimum absolute atomic E-state index is 0.0837. The molecule has 0 saturated carbocycles. The minimum Gasteiger partial charge on any atom is -0.545 e. The number of nitro benzene ring substituents is 1. The Morgan fingerprint density at radius 1 is 0.962 bits per heavy atom. The zero-order chi connectivity index (χ0) is 19.3. The summed E-state index contributed by atoms with van der Waals surface area (Å²) in [6, 6.07) is 8.45. The third kappa shape index (κ3) is 4.74. The molecular weight excluding hydrogens is 344 g/mol. The van der Waals surface area contributed by atoms with Crippen LogP contribution in [-0.2, 0) is 4.79 Å². The van der Waals surface area contributed by atoms with E-state index in [0.29, 0.717) is 5.56 Å². The van der Waals surface area contributed by atoms with E-state index >= 15 is 0 Å². The lowest BCUT2D eigenvalue weighted by atomic mass is 10.1. The number of carboxylic acids is 2. The molecule has 0 aliphatic carbocycles. The topological polar surface area (TPSA) is 152 Å². The number of nitrogens with one attached hydrogen (secondary N) is 1. The van der Waals surface area contributed by atoms with Crippen LogP contribution in [-0.4, -0.2) is 22.8 Å². The number of hydrogen-bond acceptors (Lipinski definition) is 7. The molecule has 2 aromatic rings. The number of nitro groups is 1. The first-order valence-corrected chi connectivity index (χ1v) is 7.07. The SMILES string of the molecule is O=C(/C=C/c1cccc([N+](=O)[O-])c1)Nc1cc(C(=O)[O-])cc(C(=O)[O-])c1. The normalized spacial score (nSPS) is 10.5. The Balaban J connectivity index is 2.19. The zero-order valence-electron chi connectivity index (χ0n) is 13.0. The Morgan fingerprint density at radius 2 is 1.58 bits per heavy atom. The van der Waals surface area contributed by atoms with Crippen molar-refractivity contribution in [2.45, 2.75) is 0 Å². The number of rotatable bonds is 6. The summed E-state index contributed by atoms with van der Waals surface area (Å²) in [5, 5.41) is 34.8. The lowest BCUT2D eigenvalue weighted by Gasteiger charge is -2.11. The Labute approximate surface area is 146 Å². The summed E-state index contributed by atoms with van der Waals surface area (Å²) in [5.41, 5.74) is -0.713. The molecule has 9 heteroatoms. The van der Waals surface area contributed by atoms with Gasteiger partial charge in [0, 0.05) is 23.9 Å². The Kier molecular flexibility index (Phi) is 5.43. The number of amides is 1. The van der Waals surface area contributed by atoms with Gasteiger partial charge in [0.1, 0.15) is 0 Å². The molecule has 0 saturated heterocycles. The number of carboxylic acid groups (broad SMARTS) is 2. The van der Waals surface area contributed by atoms with E-state index in [4.69, 9.17) is 0 Å². The summed E-state index contributed by atoms with van der Waals surface area (Å²) in [4.78, 5) is 43.8. The lowest BCUT2D eigenvalue weighted by molar-refractivity contribution is -0.384. The molecule has 2 rings (SSSR count). The average molecular weight is 354 g/mol. The van der Waals surface area contributed by atoms with Crippen molar-refractivity contribution in [1.29, 1.82) is 0 Å². The molecule has 1 N–H and O–H groups in total. The fraction of sp³-hybridized carbons (Fsp3) is 0. The van der Waals surface area contributed by atoms with Gasteiger partial charge in [-0.25, -0.2) is 0 Å². The standard InChI is InChI=1S/C17H12N2O7/c20-15(5-4-10-2-1-3-14(6-10)19(25)26)18-13-8-11(16(21)22)7-12(9-13)17(23)24/h1-9H,(H,18,20)(H,21,22)(H,23,24)/p-2/b5-4+. The maximum Gasteiger partial charge on any atom is 0.270 e. The Hall–Kier alpha value is -4.01. The van der Waals surface area contributed by atoms with Crippen LogP contribution in [0, 0.1) is 10.1 Å². The Morgan fingerprint density at radius 3 is 2.12 bits per heavy atom. The van der Waals surface area contributed by atoms with Gasteiger partial charge in [0.2, 0.25) is 5.91 Å². The van der Waals surface area contributed by atoms with Gasteiger partial charge in [-0.05, 0) is 41.0 Å². The Bertz CT molecular complexity index is 902. The van der Waals surface area contributed by atoms with E-state index in [-0.39, 0.29) is 11.4 Å². The number of aromatic carboxylic acids is 2. The molecule has 0 heterocycles. The smallest absolute Gasteiger partial charge is 0.270 e. The molecule has 0 bridgehead atoms. The first-order chi connectivity index (χ1) is 12.3. The van der Waals surface area contributed by atoms with Gasteiger partial charge in [-0.2, -0.15) is 0 Å².